The molecule has 21 heavy (non-hydrogen) atoms. The Labute approximate surface area is 128 Å². The molecule has 0 aliphatic heterocycles. The molecule has 2 rings (SSSR count). The highest BCUT2D eigenvalue weighted by atomic mass is 35.5. The Morgan fingerprint density at radius 1 is 1.29 bits per heavy atom. The van der Waals surface area contributed by atoms with E-state index >= 15 is 0 Å². The molecule has 0 heterocycles. The van der Waals surface area contributed by atoms with Gasteiger partial charge in [0, 0.05) is 23.3 Å². The number of halogens is 2. The molecule has 0 spiro atoms. The predicted molar refractivity (Wildman–Crippen MR) is 82.8 cm³/mol. The molecule has 0 aliphatic carbocycles. The molecule has 0 bridgehead atoms. The first-order valence-electron chi connectivity index (χ1n) is 6.48. The van der Waals surface area contributed by atoms with Crippen LogP contribution in [-0.2, 0) is 0 Å². The van der Waals surface area contributed by atoms with Crippen LogP contribution in [-0.4, -0.2) is 17.9 Å². The van der Waals surface area contributed by atoms with Gasteiger partial charge in [0.2, 0.25) is 0 Å². The lowest BCUT2D eigenvalue weighted by Crippen LogP contribution is -2.30. The van der Waals surface area contributed by atoms with Crippen LogP contribution in [0.25, 0.3) is 0 Å². The second-order valence-electron chi connectivity index (χ2n) is 4.89. The predicted octanol–water partition coefficient (Wildman–Crippen LogP) is 3.89. The number of benzene rings is 2. The fourth-order valence-electron chi connectivity index (χ4n) is 2.14. The van der Waals surface area contributed by atoms with Crippen LogP contribution in [0.3, 0.4) is 0 Å². The number of hydrogen-bond acceptors (Lipinski definition) is 2. The Morgan fingerprint density at radius 3 is 2.57 bits per heavy atom. The smallest absolute Gasteiger partial charge is 0.254 e. The van der Waals surface area contributed by atoms with E-state index in [0.717, 1.165) is 5.56 Å². The van der Waals surface area contributed by atoms with Crippen molar-refractivity contribution in [2.75, 3.05) is 12.8 Å². The van der Waals surface area contributed by atoms with Crippen LogP contribution in [0.1, 0.15) is 28.9 Å². The Balaban J connectivity index is 2.28. The van der Waals surface area contributed by atoms with Crippen molar-refractivity contribution in [3.05, 3.63) is 64.4 Å². The summed E-state index contributed by atoms with van der Waals surface area (Å²) in [6.45, 7) is 1.86. The van der Waals surface area contributed by atoms with E-state index in [1.807, 2.05) is 25.1 Å². The van der Waals surface area contributed by atoms with Crippen LogP contribution < -0.4 is 5.73 Å². The molecule has 2 aromatic rings. The van der Waals surface area contributed by atoms with E-state index < -0.39 is 5.82 Å². The van der Waals surface area contributed by atoms with Crippen molar-refractivity contribution in [1.82, 2.24) is 4.90 Å². The molecule has 110 valence electrons. The van der Waals surface area contributed by atoms with Crippen molar-refractivity contribution < 1.29 is 9.18 Å². The van der Waals surface area contributed by atoms with E-state index in [4.69, 9.17) is 17.3 Å². The largest absolute Gasteiger partial charge is 0.399 e. The van der Waals surface area contributed by atoms with Crippen molar-refractivity contribution in [2.45, 2.75) is 13.0 Å². The zero-order valence-electron chi connectivity index (χ0n) is 11.8. The molecule has 0 saturated heterocycles. The van der Waals surface area contributed by atoms with Gasteiger partial charge in [0.15, 0.2) is 0 Å². The van der Waals surface area contributed by atoms with E-state index in [1.165, 1.54) is 23.1 Å². The summed E-state index contributed by atoms with van der Waals surface area (Å²) in [5.74, 6) is -0.842. The molecule has 1 atom stereocenters. The molecule has 5 heteroatoms. The summed E-state index contributed by atoms with van der Waals surface area (Å²) >= 11 is 6.15. The van der Waals surface area contributed by atoms with Gasteiger partial charge in [-0.1, -0.05) is 29.8 Å². The molecule has 0 aromatic heterocycles. The van der Waals surface area contributed by atoms with Gasteiger partial charge in [-0.05, 0) is 36.8 Å². The number of carbonyl (C=O) groups is 1. The number of rotatable bonds is 3. The molecule has 1 amide bonds. The second-order valence-corrected chi connectivity index (χ2v) is 5.29. The molecule has 2 N–H and O–H groups in total. The van der Waals surface area contributed by atoms with Crippen LogP contribution in [0.15, 0.2) is 42.5 Å². The number of carbonyl (C=O) groups excluding carboxylic acids is 1. The number of nitrogen functional groups attached to an aromatic ring is 1. The van der Waals surface area contributed by atoms with Gasteiger partial charge in [0.1, 0.15) is 5.82 Å². The van der Waals surface area contributed by atoms with E-state index in [2.05, 4.69) is 0 Å². The topological polar surface area (TPSA) is 46.3 Å². The third-order valence-electron chi connectivity index (χ3n) is 3.42. The Bertz CT molecular complexity index is 655. The SMILES string of the molecule is CC(c1ccccc1Cl)N(C)C(=O)c1cc(N)cc(F)c1. The first kappa shape index (κ1) is 15.3. The first-order chi connectivity index (χ1) is 9.90. The Kier molecular flexibility index (Phi) is 4.48. The third-order valence-corrected chi connectivity index (χ3v) is 3.77. The normalized spacial score (nSPS) is 12.0. The number of hydrogen-bond donors (Lipinski definition) is 1. The summed E-state index contributed by atoms with van der Waals surface area (Å²) in [6, 6.07) is 10.9. The van der Waals surface area contributed by atoms with E-state index in [9.17, 15) is 9.18 Å². The standard InChI is InChI=1S/C16H16ClFN2O/c1-10(14-5-3-4-6-15(14)17)20(2)16(21)11-7-12(18)9-13(19)8-11/h3-10H,19H2,1-2H3. The summed E-state index contributed by atoms with van der Waals surface area (Å²) in [5, 5.41) is 0.586. The average Bonchev–Trinajstić information content (AvgIpc) is 2.44. The van der Waals surface area contributed by atoms with Crippen LogP contribution in [0, 0.1) is 5.82 Å². The van der Waals surface area contributed by atoms with Crippen LogP contribution in [0.2, 0.25) is 5.02 Å². The maximum absolute atomic E-state index is 13.4. The highest BCUT2D eigenvalue weighted by Crippen LogP contribution is 2.27. The molecule has 0 radical (unpaired) electrons. The maximum atomic E-state index is 13.4. The van der Waals surface area contributed by atoms with E-state index in [0.29, 0.717) is 5.02 Å². The number of nitrogens with two attached hydrogens (primary N) is 1. The minimum atomic E-state index is -0.530. The fraction of sp³-hybridized carbons (Fsp3) is 0.188. The van der Waals surface area contributed by atoms with Crippen molar-refractivity contribution in [2.24, 2.45) is 0 Å². The van der Waals surface area contributed by atoms with Crippen molar-refractivity contribution in [3.63, 3.8) is 0 Å². The quantitative estimate of drug-likeness (QED) is 0.874. The Hall–Kier alpha value is -2.07. The molecule has 3 nitrogen and oxygen atoms in total. The van der Waals surface area contributed by atoms with Gasteiger partial charge >= 0.3 is 0 Å². The lowest BCUT2D eigenvalue weighted by atomic mass is 10.1. The number of anilines is 1. The summed E-state index contributed by atoms with van der Waals surface area (Å²) < 4.78 is 13.4. The highest BCUT2D eigenvalue weighted by molar-refractivity contribution is 6.31. The van der Waals surface area contributed by atoms with Gasteiger partial charge < -0.3 is 10.6 Å². The summed E-state index contributed by atoms with van der Waals surface area (Å²) in [7, 11) is 1.65. The molecule has 0 aliphatic rings. The van der Waals surface area contributed by atoms with E-state index in [1.54, 1.807) is 13.1 Å². The fourth-order valence-corrected chi connectivity index (χ4v) is 2.43. The summed E-state index contributed by atoms with van der Waals surface area (Å²) in [5.41, 5.74) is 6.85. The third kappa shape index (κ3) is 3.34. The van der Waals surface area contributed by atoms with Gasteiger partial charge in [0.05, 0.1) is 6.04 Å². The van der Waals surface area contributed by atoms with Crippen molar-refractivity contribution in [3.8, 4) is 0 Å². The van der Waals surface area contributed by atoms with Gasteiger partial charge in [0.25, 0.3) is 5.91 Å². The minimum absolute atomic E-state index is 0.217. The summed E-state index contributed by atoms with van der Waals surface area (Å²) in [6.07, 6.45) is 0. The van der Waals surface area contributed by atoms with Crippen LogP contribution >= 0.6 is 11.6 Å². The van der Waals surface area contributed by atoms with Gasteiger partial charge in [-0.25, -0.2) is 4.39 Å². The molecule has 2 aromatic carbocycles. The monoisotopic (exact) mass is 306 g/mol. The maximum Gasteiger partial charge on any atom is 0.254 e. The van der Waals surface area contributed by atoms with Crippen LogP contribution in [0.5, 0.6) is 0 Å². The lowest BCUT2D eigenvalue weighted by Gasteiger charge is -2.26. The highest BCUT2D eigenvalue weighted by Gasteiger charge is 2.21. The van der Waals surface area contributed by atoms with Gasteiger partial charge in [-0.2, -0.15) is 0 Å². The van der Waals surface area contributed by atoms with Gasteiger partial charge in [-0.15, -0.1) is 0 Å². The average molecular weight is 307 g/mol. The molecular weight excluding hydrogens is 291 g/mol. The second kappa shape index (κ2) is 6.14. The van der Waals surface area contributed by atoms with E-state index in [-0.39, 0.29) is 23.2 Å². The first-order valence-corrected chi connectivity index (χ1v) is 6.85. The molecular formula is C16H16ClFN2O. The number of amides is 1. The lowest BCUT2D eigenvalue weighted by molar-refractivity contribution is 0.0742. The molecule has 0 fully saturated rings. The van der Waals surface area contributed by atoms with Crippen molar-refractivity contribution in [1.29, 1.82) is 0 Å². The zero-order valence-corrected chi connectivity index (χ0v) is 12.6. The van der Waals surface area contributed by atoms with Crippen LogP contribution in [0.4, 0.5) is 10.1 Å². The van der Waals surface area contributed by atoms with Gasteiger partial charge in [-0.3, -0.25) is 4.79 Å². The zero-order chi connectivity index (χ0) is 15.6. The Morgan fingerprint density at radius 2 is 1.95 bits per heavy atom. The summed E-state index contributed by atoms with van der Waals surface area (Å²) in [4.78, 5) is 13.9. The molecule has 0 saturated carbocycles. The van der Waals surface area contributed by atoms with Crippen molar-refractivity contribution >= 4 is 23.2 Å². The molecule has 1 unspecified atom stereocenters. The number of nitrogens with zero attached hydrogens (tertiary/aromatic N) is 1. The minimum Gasteiger partial charge on any atom is -0.399 e.